The summed E-state index contributed by atoms with van der Waals surface area (Å²) in [6.45, 7) is 1.19. The van der Waals surface area contributed by atoms with Gasteiger partial charge in [-0.05, 0) is 18.6 Å². The normalized spacial score (nSPS) is 11.4. The van der Waals surface area contributed by atoms with Crippen molar-refractivity contribution in [2.45, 2.75) is 19.8 Å². The molecule has 0 aliphatic rings. The molecule has 0 spiro atoms. The van der Waals surface area contributed by atoms with Gasteiger partial charge in [0.2, 0.25) is 15.9 Å². The smallest absolute Gasteiger partial charge is 0.239 e. The number of benzene rings is 1. The molecule has 21 heavy (non-hydrogen) atoms. The second kappa shape index (κ2) is 7.41. The SMILES string of the molecule is CCCCS(=O)(=O)NCC(=O)Nc1ccc(F)c(F)c1F. The molecule has 0 saturated carbocycles. The highest BCUT2D eigenvalue weighted by molar-refractivity contribution is 7.89. The Morgan fingerprint density at radius 3 is 2.48 bits per heavy atom. The summed E-state index contributed by atoms with van der Waals surface area (Å²) >= 11 is 0. The van der Waals surface area contributed by atoms with E-state index in [9.17, 15) is 26.4 Å². The van der Waals surface area contributed by atoms with E-state index in [-0.39, 0.29) is 5.75 Å². The van der Waals surface area contributed by atoms with Crippen LogP contribution in [0.1, 0.15) is 19.8 Å². The van der Waals surface area contributed by atoms with Crippen LogP contribution in [0.4, 0.5) is 18.9 Å². The van der Waals surface area contributed by atoms with Crippen LogP contribution >= 0.6 is 0 Å². The van der Waals surface area contributed by atoms with Crippen molar-refractivity contribution in [1.82, 2.24) is 4.72 Å². The second-order valence-corrected chi connectivity index (χ2v) is 6.19. The first-order chi connectivity index (χ1) is 9.76. The fourth-order valence-corrected chi connectivity index (χ4v) is 2.56. The highest BCUT2D eigenvalue weighted by Crippen LogP contribution is 2.19. The lowest BCUT2D eigenvalue weighted by Gasteiger charge is -2.08. The molecule has 0 saturated heterocycles. The molecule has 9 heteroatoms. The Labute approximate surface area is 120 Å². The number of nitrogens with one attached hydrogen (secondary N) is 2. The predicted molar refractivity (Wildman–Crippen MR) is 71.6 cm³/mol. The summed E-state index contributed by atoms with van der Waals surface area (Å²) < 4.78 is 63.8. The van der Waals surface area contributed by atoms with Gasteiger partial charge in [0.25, 0.3) is 0 Å². The molecule has 1 rings (SSSR count). The molecule has 0 aliphatic carbocycles. The van der Waals surface area contributed by atoms with Gasteiger partial charge >= 0.3 is 0 Å². The van der Waals surface area contributed by atoms with Crippen molar-refractivity contribution in [2.75, 3.05) is 17.6 Å². The summed E-state index contributed by atoms with van der Waals surface area (Å²) in [6, 6.07) is 1.50. The van der Waals surface area contributed by atoms with Crippen LogP contribution in [0.15, 0.2) is 12.1 Å². The molecule has 1 amide bonds. The summed E-state index contributed by atoms with van der Waals surface area (Å²) in [5.41, 5.74) is -0.563. The van der Waals surface area contributed by atoms with Gasteiger partial charge in [0.05, 0.1) is 18.0 Å². The number of amides is 1. The standard InChI is InChI=1S/C12H15F3N2O3S/c1-2-3-6-21(19,20)16-7-10(18)17-9-5-4-8(13)11(14)12(9)15/h4-5,16H,2-3,6-7H2,1H3,(H,17,18). The van der Waals surface area contributed by atoms with Gasteiger partial charge in [-0.25, -0.2) is 26.3 Å². The van der Waals surface area contributed by atoms with E-state index in [4.69, 9.17) is 0 Å². The zero-order valence-corrected chi connectivity index (χ0v) is 12.1. The van der Waals surface area contributed by atoms with Gasteiger partial charge in [-0.3, -0.25) is 4.79 Å². The lowest BCUT2D eigenvalue weighted by molar-refractivity contribution is -0.115. The Bertz CT molecular complexity index is 620. The maximum Gasteiger partial charge on any atom is 0.239 e. The average molecular weight is 324 g/mol. The molecule has 0 aromatic heterocycles. The van der Waals surface area contributed by atoms with Gasteiger partial charge < -0.3 is 5.32 Å². The van der Waals surface area contributed by atoms with Crippen molar-refractivity contribution in [1.29, 1.82) is 0 Å². The number of halogens is 3. The van der Waals surface area contributed by atoms with E-state index >= 15 is 0 Å². The molecule has 0 radical (unpaired) electrons. The Hall–Kier alpha value is -1.61. The third kappa shape index (κ3) is 5.35. The third-order valence-electron chi connectivity index (χ3n) is 2.53. The van der Waals surface area contributed by atoms with Gasteiger partial charge in [0.15, 0.2) is 17.5 Å². The Kier molecular flexibility index (Phi) is 6.16. The maximum absolute atomic E-state index is 13.3. The molecule has 118 valence electrons. The van der Waals surface area contributed by atoms with E-state index in [1.54, 1.807) is 0 Å². The van der Waals surface area contributed by atoms with E-state index in [1.807, 2.05) is 17.0 Å². The molecule has 1 aromatic carbocycles. The minimum atomic E-state index is -3.59. The first-order valence-electron chi connectivity index (χ1n) is 6.17. The second-order valence-electron chi connectivity index (χ2n) is 4.26. The van der Waals surface area contributed by atoms with Crippen molar-refractivity contribution in [3.05, 3.63) is 29.6 Å². The summed E-state index contributed by atoms with van der Waals surface area (Å²) in [5.74, 6) is -5.66. The van der Waals surface area contributed by atoms with E-state index in [1.165, 1.54) is 0 Å². The summed E-state index contributed by atoms with van der Waals surface area (Å²) in [7, 11) is -3.59. The number of rotatable bonds is 7. The highest BCUT2D eigenvalue weighted by atomic mass is 32.2. The van der Waals surface area contributed by atoms with E-state index < -0.39 is 45.6 Å². The first kappa shape index (κ1) is 17.4. The number of hydrogen-bond donors (Lipinski definition) is 2. The van der Waals surface area contributed by atoms with Crippen molar-refractivity contribution in [3.8, 4) is 0 Å². The van der Waals surface area contributed by atoms with Crippen molar-refractivity contribution >= 4 is 21.6 Å². The van der Waals surface area contributed by atoms with Gasteiger partial charge in [-0.15, -0.1) is 0 Å². The fourth-order valence-electron chi connectivity index (χ4n) is 1.40. The number of sulfonamides is 1. The summed E-state index contributed by atoms with van der Waals surface area (Å²) in [4.78, 5) is 11.5. The van der Waals surface area contributed by atoms with Crippen LogP contribution in [0.2, 0.25) is 0 Å². The zero-order chi connectivity index (χ0) is 16.0. The molecule has 0 bridgehead atoms. The molecule has 0 fully saturated rings. The van der Waals surface area contributed by atoms with Crippen LogP contribution < -0.4 is 10.0 Å². The molecule has 0 aliphatic heterocycles. The average Bonchev–Trinajstić information content (AvgIpc) is 2.44. The minimum absolute atomic E-state index is 0.129. The number of anilines is 1. The topological polar surface area (TPSA) is 75.3 Å². The summed E-state index contributed by atoms with van der Waals surface area (Å²) in [6.07, 6.45) is 1.11. The number of unbranched alkanes of at least 4 members (excludes halogenated alkanes) is 1. The number of carbonyl (C=O) groups is 1. The molecular formula is C12H15F3N2O3S. The lowest BCUT2D eigenvalue weighted by Crippen LogP contribution is -2.34. The largest absolute Gasteiger partial charge is 0.322 e. The minimum Gasteiger partial charge on any atom is -0.322 e. The van der Waals surface area contributed by atoms with Crippen molar-refractivity contribution < 1.29 is 26.4 Å². The molecule has 2 N–H and O–H groups in total. The zero-order valence-electron chi connectivity index (χ0n) is 11.3. The van der Waals surface area contributed by atoms with Crippen LogP contribution in [-0.4, -0.2) is 26.6 Å². The molecule has 0 unspecified atom stereocenters. The number of carbonyl (C=O) groups excluding carboxylic acids is 1. The van der Waals surface area contributed by atoms with E-state index in [2.05, 4.69) is 0 Å². The Balaban J connectivity index is 2.61. The number of hydrogen-bond acceptors (Lipinski definition) is 3. The lowest BCUT2D eigenvalue weighted by atomic mass is 10.3. The first-order valence-corrected chi connectivity index (χ1v) is 7.82. The van der Waals surface area contributed by atoms with Crippen molar-refractivity contribution in [3.63, 3.8) is 0 Å². The molecule has 0 atom stereocenters. The molecular weight excluding hydrogens is 309 g/mol. The van der Waals surface area contributed by atoms with Crippen LogP contribution in [-0.2, 0) is 14.8 Å². The van der Waals surface area contributed by atoms with Crippen LogP contribution in [0, 0.1) is 17.5 Å². The Morgan fingerprint density at radius 2 is 1.86 bits per heavy atom. The fraction of sp³-hybridized carbons (Fsp3) is 0.417. The highest BCUT2D eigenvalue weighted by Gasteiger charge is 2.16. The van der Waals surface area contributed by atoms with Crippen LogP contribution in [0.3, 0.4) is 0 Å². The molecule has 1 aromatic rings. The van der Waals surface area contributed by atoms with Gasteiger partial charge in [0, 0.05) is 0 Å². The molecule has 0 heterocycles. The van der Waals surface area contributed by atoms with Gasteiger partial charge in [-0.1, -0.05) is 13.3 Å². The van der Waals surface area contributed by atoms with Gasteiger partial charge in [0.1, 0.15) is 0 Å². The maximum atomic E-state index is 13.3. The van der Waals surface area contributed by atoms with E-state index in [0.29, 0.717) is 18.9 Å². The predicted octanol–water partition coefficient (Wildman–Crippen LogP) is 1.76. The van der Waals surface area contributed by atoms with Crippen molar-refractivity contribution in [2.24, 2.45) is 0 Å². The quantitative estimate of drug-likeness (QED) is 0.751. The van der Waals surface area contributed by atoms with Crippen LogP contribution in [0.5, 0.6) is 0 Å². The van der Waals surface area contributed by atoms with E-state index in [0.717, 1.165) is 6.07 Å². The summed E-state index contributed by atoms with van der Waals surface area (Å²) in [5, 5.41) is 1.96. The Morgan fingerprint density at radius 1 is 1.19 bits per heavy atom. The van der Waals surface area contributed by atoms with Gasteiger partial charge in [-0.2, -0.15) is 0 Å². The third-order valence-corrected chi connectivity index (χ3v) is 3.94. The monoisotopic (exact) mass is 324 g/mol. The molecule has 5 nitrogen and oxygen atoms in total. The van der Waals surface area contributed by atoms with Crippen LogP contribution in [0.25, 0.3) is 0 Å².